The number of amides is 1. The first-order chi connectivity index (χ1) is 15.3. The third-order valence-electron chi connectivity index (χ3n) is 4.80. The number of unbranched alkanes of at least 4 members (excludes halogenated alkanes) is 1. The molecule has 1 N–H and O–H groups in total. The molecule has 2 aromatic carbocycles. The number of methoxy groups -OCH3 is 1. The summed E-state index contributed by atoms with van der Waals surface area (Å²) in [5.41, 5.74) is 2.27. The lowest BCUT2D eigenvalue weighted by Crippen LogP contribution is -2.24. The van der Waals surface area contributed by atoms with Crippen LogP contribution in [0.3, 0.4) is 0 Å². The van der Waals surface area contributed by atoms with Gasteiger partial charge in [-0.3, -0.25) is 9.36 Å². The third kappa shape index (κ3) is 7.52. The highest BCUT2D eigenvalue weighted by Gasteiger charge is 2.14. The molecule has 164 valence electrons. The Morgan fingerprint density at radius 1 is 1.00 bits per heavy atom. The molecule has 6 nitrogen and oxygen atoms in total. The topological polar surface area (TPSA) is 69.0 Å². The smallest absolute Gasteiger partial charge is 0.219 e. The van der Waals surface area contributed by atoms with Crippen molar-refractivity contribution in [2.75, 3.05) is 26.0 Å². The minimum Gasteiger partial charge on any atom is -0.385 e. The number of carbonyl (C=O) groups is 1. The van der Waals surface area contributed by atoms with Gasteiger partial charge < -0.3 is 10.1 Å². The Kier molecular flexibility index (Phi) is 9.60. The Morgan fingerprint density at radius 3 is 2.48 bits per heavy atom. The number of carbonyl (C=O) groups excluding carboxylic acids is 1. The number of hydrogen-bond acceptors (Lipinski definition) is 5. The van der Waals surface area contributed by atoms with E-state index in [2.05, 4.69) is 44.3 Å². The summed E-state index contributed by atoms with van der Waals surface area (Å²) in [5.74, 6) is 1.93. The van der Waals surface area contributed by atoms with Gasteiger partial charge in [0.2, 0.25) is 5.91 Å². The van der Waals surface area contributed by atoms with Crippen LogP contribution in [0.2, 0.25) is 0 Å². The van der Waals surface area contributed by atoms with Crippen molar-refractivity contribution in [3.05, 3.63) is 72.1 Å². The van der Waals surface area contributed by atoms with Gasteiger partial charge in [0, 0.05) is 44.5 Å². The van der Waals surface area contributed by atoms with Gasteiger partial charge in [-0.15, -0.1) is 10.2 Å². The predicted molar refractivity (Wildman–Crippen MR) is 125 cm³/mol. The summed E-state index contributed by atoms with van der Waals surface area (Å²) in [6, 6.07) is 20.6. The predicted octanol–water partition coefficient (Wildman–Crippen LogP) is 4.27. The van der Waals surface area contributed by atoms with E-state index in [1.54, 1.807) is 18.9 Å². The maximum Gasteiger partial charge on any atom is 0.219 e. The van der Waals surface area contributed by atoms with E-state index in [9.17, 15) is 4.79 Å². The average molecular weight is 439 g/mol. The van der Waals surface area contributed by atoms with Crippen molar-refractivity contribution in [3.8, 4) is 5.69 Å². The van der Waals surface area contributed by atoms with Crippen LogP contribution in [0.5, 0.6) is 0 Å². The summed E-state index contributed by atoms with van der Waals surface area (Å²) < 4.78 is 7.13. The van der Waals surface area contributed by atoms with Crippen LogP contribution < -0.4 is 5.32 Å². The third-order valence-corrected chi connectivity index (χ3v) is 5.81. The second kappa shape index (κ2) is 12.9. The number of hydrogen-bond donors (Lipinski definition) is 1. The molecule has 0 spiro atoms. The maximum absolute atomic E-state index is 11.9. The van der Waals surface area contributed by atoms with Crippen molar-refractivity contribution in [2.45, 2.75) is 37.3 Å². The first-order valence-electron chi connectivity index (χ1n) is 10.7. The van der Waals surface area contributed by atoms with Crippen LogP contribution in [0.15, 0.2) is 65.8 Å². The Bertz CT molecular complexity index is 916. The zero-order valence-electron chi connectivity index (χ0n) is 18.0. The Hall–Kier alpha value is -2.64. The zero-order chi connectivity index (χ0) is 21.7. The van der Waals surface area contributed by atoms with E-state index in [1.807, 2.05) is 36.4 Å². The number of para-hydroxylation sites is 1. The first-order valence-corrected chi connectivity index (χ1v) is 11.7. The van der Waals surface area contributed by atoms with Crippen molar-refractivity contribution >= 4 is 17.7 Å². The quantitative estimate of drug-likeness (QED) is 0.319. The van der Waals surface area contributed by atoms with Crippen molar-refractivity contribution in [2.24, 2.45) is 0 Å². The van der Waals surface area contributed by atoms with Crippen LogP contribution in [0.4, 0.5) is 0 Å². The molecule has 0 atom stereocenters. The van der Waals surface area contributed by atoms with Gasteiger partial charge in [0.15, 0.2) is 5.16 Å². The molecule has 0 aliphatic rings. The fourth-order valence-corrected chi connectivity index (χ4v) is 4.18. The number of thioether (sulfide) groups is 1. The van der Waals surface area contributed by atoms with Crippen LogP contribution >= 0.6 is 11.8 Å². The van der Waals surface area contributed by atoms with Gasteiger partial charge in [-0.1, -0.05) is 60.3 Å². The molecule has 0 saturated heterocycles. The van der Waals surface area contributed by atoms with Crippen molar-refractivity contribution in [1.82, 2.24) is 20.1 Å². The molecule has 0 bridgehead atoms. The molecular weight excluding hydrogens is 408 g/mol. The van der Waals surface area contributed by atoms with E-state index < -0.39 is 0 Å². The van der Waals surface area contributed by atoms with Crippen molar-refractivity contribution < 1.29 is 9.53 Å². The number of aromatic nitrogens is 3. The van der Waals surface area contributed by atoms with E-state index in [0.29, 0.717) is 19.6 Å². The van der Waals surface area contributed by atoms with E-state index in [1.165, 1.54) is 5.56 Å². The maximum atomic E-state index is 11.9. The molecule has 31 heavy (non-hydrogen) atoms. The molecule has 0 unspecified atom stereocenters. The summed E-state index contributed by atoms with van der Waals surface area (Å²) in [6.07, 6.45) is 3.94. The Morgan fingerprint density at radius 2 is 1.74 bits per heavy atom. The second-order valence-corrected chi connectivity index (χ2v) is 8.30. The summed E-state index contributed by atoms with van der Waals surface area (Å²) in [5, 5.41) is 12.8. The van der Waals surface area contributed by atoms with Crippen LogP contribution in [0.25, 0.3) is 5.69 Å². The van der Waals surface area contributed by atoms with E-state index in [0.717, 1.165) is 48.1 Å². The molecule has 0 saturated carbocycles. The highest BCUT2D eigenvalue weighted by atomic mass is 32.2. The SMILES string of the molecule is COCCCNC(=O)CCCCSc1nnc(Cc2ccccc2)n1-c1ccccc1. The van der Waals surface area contributed by atoms with Crippen LogP contribution in [-0.2, 0) is 16.0 Å². The first kappa shape index (κ1) is 23.0. The lowest BCUT2D eigenvalue weighted by atomic mass is 10.1. The lowest BCUT2D eigenvalue weighted by Gasteiger charge is -2.10. The number of nitrogens with one attached hydrogen (secondary N) is 1. The standard InChI is InChI=1S/C24H30N4O2S/c1-30-17-10-16-25-23(29)15-8-9-18-31-24-27-26-22(19-20-11-4-2-5-12-20)28(24)21-13-6-3-7-14-21/h2-7,11-14H,8-10,15-19H2,1H3,(H,25,29). The monoisotopic (exact) mass is 438 g/mol. The van der Waals surface area contributed by atoms with Crippen molar-refractivity contribution in [3.63, 3.8) is 0 Å². The normalized spacial score (nSPS) is 10.9. The van der Waals surface area contributed by atoms with Crippen molar-refractivity contribution in [1.29, 1.82) is 0 Å². The number of ether oxygens (including phenoxy) is 1. The molecule has 7 heteroatoms. The van der Waals surface area contributed by atoms with Gasteiger partial charge >= 0.3 is 0 Å². The minimum atomic E-state index is 0.110. The van der Waals surface area contributed by atoms with Gasteiger partial charge in [0.05, 0.1) is 0 Å². The van der Waals surface area contributed by atoms with Gasteiger partial charge in [-0.2, -0.15) is 0 Å². The summed E-state index contributed by atoms with van der Waals surface area (Å²) in [4.78, 5) is 11.9. The van der Waals surface area contributed by atoms with E-state index >= 15 is 0 Å². The molecule has 3 rings (SSSR count). The summed E-state index contributed by atoms with van der Waals surface area (Å²) in [6.45, 7) is 1.34. The summed E-state index contributed by atoms with van der Waals surface area (Å²) in [7, 11) is 1.67. The van der Waals surface area contributed by atoms with E-state index in [4.69, 9.17) is 4.74 Å². The molecular formula is C24H30N4O2S. The largest absolute Gasteiger partial charge is 0.385 e. The molecule has 1 amide bonds. The van der Waals surface area contributed by atoms with E-state index in [-0.39, 0.29) is 5.91 Å². The van der Waals surface area contributed by atoms with Crippen LogP contribution in [0, 0.1) is 0 Å². The fourth-order valence-electron chi connectivity index (χ4n) is 3.21. The average Bonchev–Trinajstić information content (AvgIpc) is 3.20. The fraction of sp³-hybridized carbons (Fsp3) is 0.375. The Labute approximate surface area is 188 Å². The molecule has 1 heterocycles. The zero-order valence-corrected chi connectivity index (χ0v) is 18.8. The Balaban J connectivity index is 1.54. The molecule has 3 aromatic rings. The molecule has 0 aliphatic carbocycles. The highest BCUT2D eigenvalue weighted by molar-refractivity contribution is 7.99. The minimum absolute atomic E-state index is 0.110. The van der Waals surface area contributed by atoms with Gasteiger partial charge in [0.25, 0.3) is 0 Å². The molecule has 0 aliphatic heterocycles. The second-order valence-electron chi connectivity index (χ2n) is 7.23. The van der Waals surface area contributed by atoms with Gasteiger partial charge in [0.1, 0.15) is 5.82 Å². The van der Waals surface area contributed by atoms with Crippen LogP contribution in [-0.4, -0.2) is 46.7 Å². The number of benzene rings is 2. The highest BCUT2D eigenvalue weighted by Crippen LogP contribution is 2.24. The lowest BCUT2D eigenvalue weighted by molar-refractivity contribution is -0.121. The summed E-state index contributed by atoms with van der Waals surface area (Å²) >= 11 is 1.69. The molecule has 0 radical (unpaired) electrons. The van der Waals surface area contributed by atoms with Crippen LogP contribution in [0.1, 0.15) is 37.1 Å². The van der Waals surface area contributed by atoms with Gasteiger partial charge in [-0.25, -0.2) is 0 Å². The van der Waals surface area contributed by atoms with Gasteiger partial charge in [-0.05, 0) is 37.0 Å². The molecule has 0 fully saturated rings. The number of nitrogens with zero attached hydrogens (tertiary/aromatic N) is 3. The molecule has 1 aromatic heterocycles. The number of rotatable bonds is 13.